The van der Waals surface area contributed by atoms with Crippen LogP contribution in [-0.4, -0.2) is 34.2 Å². The Bertz CT molecular complexity index is 2160. The molecule has 0 spiro atoms. The van der Waals surface area contributed by atoms with Crippen molar-refractivity contribution in [3.05, 3.63) is 161 Å². The molecule has 1 heterocycles. The maximum Gasteiger partial charge on any atom is 0.416 e. The standard InChI is InChI=1S/C40H33F3N4O3/c1-46(25-26-11-5-3-6-12-26)39(50)36(28-13-7-4-8-14-28)45-38(49)35-24-29-23-31(21-22-34(29)47(35)2)44-37(48)33-16-10-9-15-32(33)27-17-19-30(20-18-27)40(41,42)43/h3-24,36H,25H2,1-2H3,(H,44,48)(H,45,49). The normalized spacial score (nSPS) is 11.9. The van der Waals surface area contributed by atoms with E-state index in [1.165, 1.54) is 12.1 Å². The highest BCUT2D eigenvalue weighted by molar-refractivity contribution is 6.09. The molecule has 5 aromatic carbocycles. The quantitative estimate of drug-likeness (QED) is 0.162. The average Bonchev–Trinajstić information content (AvgIpc) is 3.46. The van der Waals surface area contributed by atoms with Crippen LogP contribution in [0.1, 0.15) is 43.6 Å². The fourth-order valence-electron chi connectivity index (χ4n) is 5.91. The molecule has 7 nitrogen and oxygen atoms in total. The summed E-state index contributed by atoms with van der Waals surface area (Å²) in [5.41, 5.74) is 3.57. The SMILES string of the molecule is CN(Cc1ccccc1)C(=O)C(NC(=O)c1cc2cc(NC(=O)c3ccccc3-c3ccc(C(F)(F)F)cc3)ccc2n1C)c1ccccc1. The molecule has 50 heavy (non-hydrogen) atoms. The van der Waals surface area contributed by atoms with Gasteiger partial charge in [0, 0.05) is 42.8 Å². The molecule has 0 fully saturated rings. The van der Waals surface area contributed by atoms with Gasteiger partial charge in [-0.15, -0.1) is 0 Å². The van der Waals surface area contributed by atoms with Crippen LogP contribution in [0.15, 0.2) is 133 Å². The molecule has 2 N–H and O–H groups in total. The number of hydrogen-bond donors (Lipinski definition) is 2. The summed E-state index contributed by atoms with van der Waals surface area (Å²) >= 11 is 0. The van der Waals surface area contributed by atoms with Gasteiger partial charge in [-0.1, -0.05) is 91.0 Å². The molecule has 1 unspecified atom stereocenters. The van der Waals surface area contributed by atoms with Gasteiger partial charge >= 0.3 is 6.18 Å². The second-order valence-electron chi connectivity index (χ2n) is 11.9. The van der Waals surface area contributed by atoms with Crippen molar-refractivity contribution in [2.75, 3.05) is 12.4 Å². The summed E-state index contributed by atoms with van der Waals surface area (Å²) in [6, 6.07) is 36.0. The Kier molecular flexibility index (Phi) is 9.54. The summed E-state index contributed by atoms with van der Waals surface area (Å²) in [7, 11) is 3.45. The van der Waals surface area contributed by atoms with E-state index in [0.717, 1.165) is 23.2 Å². The molecule has 0 aliphatic carbocycles. The van der Waals surface area contributed by atoms with Crippen LogP contribution in [0.2, 0.25) is 0 Å². The first kappa shape index (κ1) is 33.7. The Hall–Kier alpha value is -6.16. The molecule has 0 aliphatic rings. The van der Waals surface area contributed by atoms with Crippen molar-refractivity contribution in [3.8, 4) is 11.1 Å². The van der Waals surface area contributed by atoms with E-state index >= 15 is 0 Å². The maximum atomic E-state index is 13.8. The Morgan fingerprint density at radius 3 is 2.08 bits per heavy atom. The third-order valence-electron chi connectivity index (χ3n) is 8.52. The third-order valence-corrected chi connectivity index (χ3v) is 8.52. The summed E-state index contributed by atoms with van der Waals surface area (Å²) in [5.74, 6) is -1.17. The molecule has 0 radical (unpaired) electrons. The number of aryl methyl sites for hydroxylation is 1. The lowest BCUT2D eigenvalue weighted by Gasteiger charge is -2.25. The number of aromatic nitrogens is 1. The molecular weight excluding hydrogens is 641 g/mol. The van der Waals surface area contributed by atoms with Gasteiger partial charge in [-0.05, 0) is 64.7 Å². The number of fused-ring (bicyclic) bond motifs is 1. The first-order valence-corrected chi connectivity index (χ1v) is 15.8. The van der Waals surface area contributed by atoms with E-state index in [4.69, 9.17) is 0 Å². The Labute approximate surface area is 287 Å². The lowest BCUT2D eigenvalue weighted by atomic mass is 9.98. The van der Waals surface area contributed by atoms with Crippen molar-refractivity contribution >= 4 is 34.3 Å². The lowest BCUT2D eigenvalue weighted by molar-refractivity contribution is -0.137. The van der Waals surface area contributed by atoms with Gasteiger partial charge in [0.2, 0.25) is 5.91 Å². The van der Waals surface area contributed by atoms with E-state index in [1.54, 1.807) is 84.2 Å². The average molecular weight is 675 g/mol. The Morgan fingerprint density at radius 2 is 1.40 bits per heavy atom. The molecule has 1 aromatic heterocycles. The number of halogens is 3. The highest BCUT2D eigenvalue weighted by Gasteiger charge is 2.30. The van der Waals surface area contributed by atoms with Crippen molar-refractivity contribution in [2.24, 2.45) is 7.05 Å². The van der Waals surface area contributed by atoms with Crippen LogP contribution < -0.4 is 10.6 Å². The molecule has 3 amide bonds. The molecule has 6 aromatic rings. The number of carbonyl (C=O) groups is 3. The van der Waals surface area contributed by atoms with Gasteiger partial charge in [-0.3, -0.25) is 14.4 Å². The van der Waals surface area contributed by atoms with E-state index in [2.05, 4.69) is 10.6 Å². The fraction of sp³-hybridized carbons (Fsp3) is 0.125. The van der Waals surface area contributed by atoms with Gasteiger partial charge in [0.05, 0.1) is 5.56 Å². The summed E-state index contributed by atoms with van der Waals surface area (Å²) in [4.78, 5) is 42.5. The van der Waals surface area contributed by atoms with Gasteiger partial charge in [0.15, 0.2) is 0 Å². The molecule has 0 saturated heterocycles. The second kappa shape index (κ2) is 14.1. The smallest absolute Gasteiger partial charge is 0.340 e. The minimum Gasteiger partial charge on any atom is -0.340 e. The van der Waals surface area contributed by atoms with Crippen molar-refractivity contribution in [2.45, 2.75) is 18.8 Å². The zero-order valence-electron chi connectivity index (χ0n) is 27.2. The number of hydrogen-bond acceptors (Lipinski definition) is 3. The first-order chi connectivity index (χ1) is 24.0. The van der Waals surface area contributed by atoms with Crippen molar-refractivity contribution < 1.29 is 27.6 Å². The van der Waals surface area contributed by atoms with E-state index in [-0.39, 0.29) is 11.5 Å². The van der Waals surface area contributed by atoms with E-state index in [0.29, 0.717) is 40.0 Å². The minimum atomic E-state index is -4.47. The Morgan fingerprint density at radius 1 is 0.760 bits per heavy atom. The third kappa shape index (κ3) is 7.29. The highest BCUT2D eigenvalue weighted by Crippen LogP contribution is 2.32. The van der Waals surface area contributed by atoms with Gasteiger partial charge < -0.3 is 20.1 Å². The topological polar surface area (TPSA) is 83.4 Å². The van der Waals surface area contributed by atoms with E-state index < -0.39 is 29.6 Å². The fourth-order valence-corrected chi connectivity index (χ4v) is 5.91. The molecule has 1 atom stereocenters. The minimum absolute atomic E-state index is 0.270. The van der Waals surface area contributed by atoms with Gasteiger partial charge in [-0.2, -0.15) is 13.2 Å². The van der Waals surface area contributed by atoms with Crippen LogP contribution in [0.5, 0.6) is 0 Å². The summed E-state index contributed by atoms with van der Waals surface area (Å²) in [5, 5.41) is 6.49. The highest BCUT2D eigenvalue weighted by atomic mass is 19.4. The van der Waals surface area contributed by atoms with Gasteiger partial charge in [0.25, 0.3) is 11.8 Å². The number of rotatable bonds is 9. The number of carbonyl (C=O) groups excluding carboxylic acids is 3. The van der Waals surface area contributed by atoms with Crippen LogP contribution >= 0.6 is 0 Å². The predicted octanol–water partition coefficient (Wildman–Crippen LogP) is 8.25. The largest absolute Gasteiger partial charge is 0.416 e. The number of anilines is 1. The number of amides is 3. The van der Waals surface area contributed by atoms with Gasteiger partial charge in [-0.25, -0.2) is 0 Å². The van der Waals surface area contributed by atoms with Crippen molar-refractivity contribution in [1.29, 1.82) is 0 Å². The number of likely N-dealkylation sites (N-methyl/N-ethyl adjacent to an activating group) is 1. The molecule has 6 rings (SSSR count). The van der Waals surface area contributed by atoms with Crippen LogP contribution in [0.25, 0.3) is 22.0 Å². The predicted molar refractivity (Wildman–Crippen MR) is 187 cm³/mol. The lowest BCUT2D eigenvalue weighted by Crippen LogP contribution is -2.41. The number of alkyl halides is 3. The molecule has 252 valence electrons. The Balaban J connectivity index is 1.22. The number of nitrogens with zero attached hydrogens (tertiary/aromatic N) is 2. The van der Waals surface area contributed by atoms with E-state index in [1.807, 2.05) is 48.5 Å². The van der Waals surface area contributed by atoms with Crippen molar-refractivity contribution in [1.82, 2.24) is 14.8 Å². The maximum absolute atomic E-state index is 13.8. The molecular formula is C40H33F3N4O3. The monoisotopic (exact) mass is 674 g/mol. The second-order valence-corrected chi connectivity index (χ2v) is 11.9. The van der Waals surface area contributed by atoms with Crippen LogP contribution in [-0.2, 0) is 24.6 Å². The van der Waals surface area contributed by atoms with Crippen LogP contribution in [0.3, 0.4) is 0 Å². The van der Waals surface area contributed by atoms with E-state index in [9.17, 15) is 27.6 Å². The zero-order valence-corrected chi connectivity index (χ0v) is 27.2. The summed E-state index contributed by atoms with van der Waals surface area (Å²) in [6.07, 6.45) is -4.47. The summed E-state index contributed by atoms with van der Waals surface area (Å²) < 4.78 is 41.0. The summed E-state index contributed by atoms with van der Waals surface area (Å²) in [6.45, 7) is 0.371. The zero-order chi connectivity index (χ0) is 35.4. The number of nitrogens with one attached hydrogen (secondary N) is 2. The van der Waals surface area contributed by atoms with Crippen LogP contribution in [0.4, 0.5) is 18.9 Å². The number of benzene rings is 5. The van der Waals surface area contributed by atoms with Gasteiger partial charge in [0.1, 0.15) is 11.7 Å². The molecule has 0 aliphatic heterocycles. The molecule has 0 saturated carbocycles. The molecule has 0 bridgehead atoms. The van der Waals surface area contributed by atoms with Crippen molar-refractivity contribution in [3.63, 3.8) is 0 Å². The van der Waals surface area contributed by atoms with Crippen LogP contribution in [0, 0.1) is 0 Å². The first-order valence-electron chi connectivity index (χ1n) is 15.8. The molecule has 10 heteroatoms.